The van der Waals surface area contributed by atoms with Gasteiger partial charge in [-0.2, -0.15) is 5.10 Å². The van der Waals surface area contributed by atoms with Crippen molar-refractivity contribution in [1.29, 1.82) is 0 Å². The molecular weight excluding hydrogens is 248 g/mol. The molecule has 1 fully saturated rings. The van der Waals surface area contributed by atoms with E-state index in [1.807, 2.05) is 6.20 Å². The molecule has 2 rings (SSSR count). The van der Waals surface area contributed by atoms with Gasteiger partial charge in [0.1, 0.15) is 0 Å². The number of hydrogen-bond acceptors (Lipinski definition) is 3. The number of rotatable bonds is 7. The first-order valence-corrected chi connectivity index (χ1v) is 8.17. The lowest BCUT2D eigenvalue weighted by molar-refractivity contribution is 0.0809. The molecule has 0 saturated carbocycles. The zero-order valence-corrected chi connectivity index (χ0v) is 13.5. The molecule has 4 nitrogen and oxygen atoms in total. The lowest BCUT2D eigenvalue weighted by Crippen LogP contribution is -2.53. The summed E-state index contributed by atoms with van der Waals surface area (Å²) in [5.74, 6) is 0. The van der Waals surface area contributed by atoms with Crippen molar-refractivity contribution in [2.24, 2.45) is 0 Å². The van der Waals surface area contributed by atoms with Crippen LogP contribution in [0.15, 0.2) is 12.3 Å². The molecule has 114 valence electrons. The van der Waals surface area contributed by atoms with Crippen LogP contribution in [0.4, 0.5) is 0 Å². The van der Waals surface area contributed by atoms with E-state index in [1.165, 1.54) is 31.6 Å². The molecule has 0 bridgehead atoms. The van der Waals surface area contributed by atoms with Gasteiger partial charge in [-0.05, 0) is 58.8 Å². The second-order valence-corrected chi connectivity index (χ2v) is 5.97. The Labute approximate surface area is 123 Å². The molecule has 20 heavy (non-hydrogen) atoms. The van der Waals surface area contributed by atoms with Crippen molar-refractivity contribution in [3.8, 4) is 0 Å². The third kappa shape index (κ3) is 2.77. The Hall–Kier alpha value is -0.870. The van der Waals surface area contributed by atoms with Crippen LogP contribution in [-0.2, 0) is 6.54 Å². The predicted molar refractivity (Wildman–Crippen MR) is 83.8 cm³/mol. The zero-order valence-electron chi connectivity index (χ0n) is 13.5. The van der Waals surface area contributed by atoms with Crippen LogP contribution in [0.1, 0.15) is 58.7 Å². The molecule has 0 amide bonds. The van der Waals surface area contributed by atoms with Crippen molar-refractivity contribution in [2.45, 2.75) is 65.1 Å². The van der Waals surface area contributed by atoms with E-state index in [0.717, 1.165) is 19.5 Å². The van der Waals surface area contributed by atoms with Crippen molar-refractivity contribution in [3.63, 3.8) is 0 Å². The molecule has 1 aromatic rings. The van der Waals surface area contributed by atoms with Crippen LogP contribution in [0.3, 0.4) is 0 Å². The monoisotopic (exact) mass is 278 g/mol. The third-order valence-electron chi connectivity index (χ3n) is 4.92. The van der Waals surface area contributed by atoms with E-state index in [2.05, 4.69) is 53.8 Å². The SMILES string of the molecule is CCNC(c1ccnn1CC)C(C)(CC)N1CCCC1. The Morgan fingerprint density at radius 1 is 1.30 bits per heavy atom. The van der Waals surface area contributed by atoms with Gasteiger partial charge in [0.25, 0.3) is 0 Å². The summed E-state index contributed by atoms with van der Waals surface area (Å²) in [6.45, 7) is 13.5. The Morgan fingerprint density at radius 3 is 2.55 bits per heavy atom. The number of aryl methyl sites for hydroxylation is 1. The summed E-state index contributed by atoms with van der Waals surface area (Å²) in [7, 11) is 0. The second kappa shape index (κ2) is 6.72. The van der Waals surface area contributed by atoms with Crippen LogP contribution in [0.2, 0.25) is 0 Å². The van der Waals surface area contributed by atoms with Crippen molar-refractivity contribution in [1.82, 2.24) is 20.0 Å². The smallest absolute Gasteiger partial charge is 0.0676 e. The maximum Gasteiger partial charge on any atom is 0.0676 e. The second-order valence-electron chi connectivity index (χ2n) is 5.97. The average Bonchev–Trinajstić information content (AvgIpc) is 3.14. The van der Waals surface area contributed by atoms with Crippen LogP contribution in [0, 0.1) is 0 Å². The van der Waals surface area contributed by atoms with Gasteiger partial charge in [0.2, 0.25) is 0 Å². The summed E-state index contributed by atoms with van der Waals surface area (Å²) in [6, 6.07) is 2.53. The van der Waals surface area contributed by atoms with Crippen LogP contribution in [0.25, 0.3) is 0 Å². The molecule has 2 unspecified atom stereocenters. The van der Waals surface area contributed by atoms with Crippen molar-refractivity contribution < 1.29 is 0 Å². The largest absolute Gasteiger partial charge is 0.307 e. The third-order valence-corrected chi connectivity index (χ3v) is 4.92. The molecule has 0 spiro atoms. The van der Waals surface area contributed by atoms with E-state index in [-0.39, 0.29) is 5.54 Å². The number of likely N-dealkylation sites (tertiary alicyclic amines) is 1. The molecule has 0 aliphatic carbocycles. The molecule has 1 aliphatic heterocycles. The van der Waals surface area contributed by atoms with Crippen LogP contribution in [0.5, 0.6) is 0 Å². The molecule has 1 N–H and O–H groups in total. The quantitative estimate of drug-likeness (QED) is 0.832. The number of nitrogens with one attached hydrogen (secondary N) is 1. The van der Waals surface area contributed by atoms with Crippen LogP contribution in [-0.4, -0.2) is 39.9 Å². The van der Waals surface area contributed by atoms with E-state index >= 15 is 0 Å². The fourth-order valence-electron chi connectivity index (χ4n) is 3.54. The molecule has 0 radical (unpaired) electrons. The van der Waals surface area contributed by atoms with Gasteiger partial charge in [-0.25, -0.2) is 0 Å². The number of hydrogen-bond donors (Lipinski definition) is 1. The summed E-state index contributed by atoms with van der Waals surface area (Å²) in [4.78, 5) is 2.67. The molecule has 4 heteroatoms. The van der Waals surface area contributed by atoms with Crippen molar-refractivity contribution >= 4 is 0 Å². The first-order valence-electron chi connectivity index (χ1n) is 8.17. The number of aromatic nitrogens is 2. The van der Waals surface area contributed by atoms with E-state index in [1.54, 1.807) is 0 Å². The fraction of sp³-hybridized carbons (Fsp3) is 0.812. The molecular formula is C16H30N4. The molecule has 1 saturated heterocycles. The lowest BCUT2D eigenvalue weighted by Gasteiger charge is -2.45. The predicted octanol–water partition coefficient (Wildman–Crippen LogP) is 2.82. The Balaban J connectivity index is 2.34. The Morgan fingerprint density at radius 2 is 2.00 bits per heavy atom. The van der Waals surface area contributed by atoms with Gasteiger partial charge in [0.05, 0.1) is 11.7 Å². The van der Waals surface area contributed by atoms with Gasteiger partial charge in [-0.15, -0.1) is 0 Å². The highest BCUT2D eigenvalue weighted by Gasteiger charge is 2.41. The minimum absolute atomic E-state index is 0.166. The van der Waals surface area contributed by atoms with Gasteiger partial charge >= 0.3 is 0 Å². The maximum atomic E-state index is 4.47. The maximum absolute atomic E-state index is 4.47. The van der Waals surface area contributed by atoms with Gasteiger partial charge in [0, 0.05) is 18.3 Å². The minimum Gasteiger partial charge on any atom is -0.307 e. The Bertz CT molecular complexity index is 408. The molecule has 0 aromatic carbocycles. The lowest BCUT2D eigenvalue weighted by atomic mass is 9.85. The summed E-state index contributed by atoms with van der Waals surface area (Å²) >= 11 is 0. The first-order chi connectivity index (χ1) is 9.67. The van der Waals surface area contributed by atoms with Gasteiger partial charge in [-0.1, -0.05) is 13.8 Å². The fourth-order valence-corrected chi connectivity index (χ4v) is 3.54. The zero-order chi connectivity index (χ0) is 14.6. The topological polar surface area (TPSA) is 33.1 Å². The van der Waals surface area contributed by atoms with Crippen LogP contribution < -0.4 is 5.32 Å². The normalized spacial score (nSPS) is 21.0. The average molecular weight is 278 g/mol. The number of likely N-dealkylation sites (N-methyl/N-ethyl adjacent to an activating group) is 1. The minimum atomic E-state index is 0.166. The summed E-state index contributed by atoms with van der Waals surface area (Å²) in [5, 5.41) is 8.20. The van der Waals surface area contributed by atoms with Gasteiger partial charge < -0.3 is 5.32 Å². The van der Waals surface area contributed by atoms with Crippen molar-refractivity contribution in [3.05, 3.63) is 18.0 Å². The van der Waals surface area contributed by atoms with Gasteiger partial charge in [0.15, 0.2) is 0 Å². The molecule has 1 aromatic heterocycles. The van der Waals surface area contributed by atoms with E-state index < -0.39 is 0 Å². The first kappa shape index (κ1) is 15.5. The van der Waals surface area contributed by atoms with E-state index in [9.17, 15) is 0 Å². The molecule has 2 atom stereocenters. The highest BCUT2D eigenvalue weighted by Crippen LogP contribution is 2.36. The summed E-state index contributed by atoms with van der Waals surface area (Å²) in [5.41, 5.74) is 1.49. The van der Waals surface area contributed by atoms with Crippen LogP contribution >= 0.6 is 0 Å². The highest BCUT2D eigenvalue weighted by molar-refractivity contribution is 5.15. The van der Waals surface area contributed by atoms with E-state index in [0.29, 0.717) is 6.04 Å². The number of nitrogens with zero attached hydrogens (tertiary/aromatic N) is 3. The standard InChI is InChI=1S/C16H30N4/c1-5-16(4,19-12-8-9-13-19)15(17-6-2)14-10-11-18-20(14)7-3/h10-11,15,17H,5-9,12-13H2,1-4H3. The molecule has 2 heterocycles. The molecule has 1 aliphatic rings. The summed E-state index contributed by atoms with van der Waals surface area (Å²) < 4.78 is 2.14. The van der Waals surface area contributed by atoms with Gasteiger partial charge in [-0.3, -0.25) is 9.58 Å². The Kier molecular flexibility index (Phi) is 5.22. The van der Waals surface area contributed by atoms with Crippen molar-refractivity contribution in [2.75, 3.05) is 19.6 Å². The highest BCUT2D eigenvalue weighted by atomic mass is 15.3. The van der Waals surface area contributed by atoms with E-state index in [4.69, 9.17) is 0 Å². The summed E-state index contributed by atoms with van der Waals surface area (Å²) in [6.07, 6.45) is 5.76.